The summed E-state index contributed by atoms with van der Waals surface area (Å²) in [6.45, 7) is 9.78. The molecule has 2 heterocycles. The van der Waals surface area contributed by atoms with Crippen molar-refractivity contribution in [2.75, 3.05) is 11.9 Å². The number of fused-ring (bicyclic) bond motifs is 3. The summed E-state index contributed by atoms with van der Waals surface area (Å²) in [6, 6.07) is 6.38. The van der Waals surface area contributed by atoms with Crippen molar-refractivity contribution in [1.29, 1.82) is 0 Å². The molecule has 5 rings (SSSR count). The first-order chi connectivity index (χ1) is 16.5. The second-order valence-corrected chi connectivity index (χ2v) is 12.2. The van der Waals surface area contributed by atoms with Crippen LogP contribution in [0.3, 0.4) is 0 Å². The van der Waals surface area contributed by atoms with Gasteiger partial charge in [0.2, 0.25) is 5.82 Å². The van der Waals surface area contributed by atoms with E-state index in [4.69, 9.17) is 21.4 Å². The standard InChI is InChI=1S/C27H39N7O/c1-16-9-10-19-18(11-16)22(31-20-7-5-6-8-21(20)32-25(28)29)33-23(30-19)24(35)34-15-27(4)13-17(34)12-26(2,3)14-27/h9-11,17,20-21H,5-8,12-15H2,1-4H3,(H4,28,29,32)(H,30,31,33). The van der Waals surface area contributed by atoms with E-state index in [-0.39, 0.29) is 46.6 Å². The summed E-state index contributed by atoms with van der Waals surface area (Å²) in [5.74, 6) is 1.01. The molecule has 3 aliphatic rings. The van der Waals surface area contributed by atoms with Crippen LogP contribution in [-0.4, -0.2) is 51.4 Å². The first-order valence-electron chi connectivity index (χ1n) is 13.0. The van der Waals surface area contributed by atoms with Gasteiger partial charge in [0.25, 0.3) is 5.91 Å². The lowest BCUT2D eigenvalue weighted by Crippen LogP contribution is -2.39. The molecule has 1 aliphatic heterocycles. The quantitative estimate of drug-likeness (QED) is 0.452. The minimum atomic E-state index is -0.0635. The normalized spacial score (nSPS) is 29.7. The number of hydrogen-bond acceptors (Lipinski definition) is 5. The highest BCUT2D eigenvalue weighted by Gasteiger charge is 2.51. The summed E-state index contributed by atoms with van der Waals surface area (Å²) in [4.78, 5) is 29.9. The van der Waals surface area contributed by atoms with Crippen molar-refractivity contribution in [3.8, 4) is 0 Å². The van der Waals surface area contributed by atoms with Gasteiger partial charge in [-0.25, -0.2) is 15.0 Å². The molecule has 2 aliphatic carbocycles. The Morgan fingerprint density at radius 3 is 2.69 bits per heavy atom. The molecule has 8 nitrogen and oxygen atoms in total. The Morgan fingerprint density at radius 1 is 1.14 bits per heavy atom. The summed E-state index contributed by atoms with van der Waals surface area (Å²) in [7, 11) is 0. The molecular weight excluding hydrogens is 438 g/mol. The molecule has 2 aromatic rings. The summed E-state index contributed by atoms with van der Waals surface area (Å²) in [5.41, 5.74) is 13.7. The lowest BCUT2D eigenvalue weighted by Gasteiger charge is -2.39. The molecule has 2 bridgehead atoms. The SMILES string of the molecule is Cc1ccc2nc(C(=O)N3CC4(C)CC3CC(C)(C)C4)nc(NC3CCCCC3N=C(N)N)c2c1. The number of aliphatic imine (C=N–C) groups is 1. The number of nitrogens with zero attached hydrogens (tertiary/aromatic N) is 4. The Balaban J connectivity index is 1.50. The number of carbonyl (C=O) groups is 1. The minimum Gasteiger partial charge on any atom is -0.370 e. The summed E-state index contributed by atoms with van der Waals surface area (Å²) < 4.78 is 0. The number of anilines is 1. The molecule has 4 atom stereocenters. The number of guanidine groups is 1. The van der Waals surface area contributed by atoms with Crippen molar-refractivity contribution in [1.82, 2.24) is 14.9 Å². The molecule has 35 heavy (non-hydrogen) atoms. The van der Waals surface area contributed by atoms with Crippen LogP contribution in [0.5, 0.6) is 0 Å². The molecule has 5 N–H and O–H groups in total. The molecule has 1 aromatic carbocycles. The zero-order chi connectivity index (χ0) is 25.0. The maximum absolute atomic E-state index is 13.8. The maximum Gasteiger partial charge on any atom is 0.292 e. The van der Waals surface area contributed by atoms with Crippen LogP contribution >= 0.6 is 0 Å². The predicted octanol–water partition coefficient (Wildman–Crippen LogP) is 3.98. The Labute approximate surface area is 208 Å². The fraction of sp³-hybridized carbons (Fsp3) is 0.630. The van der Waals surface area contributed by atoms with Gasteiger partial charge in [-0.15, -0.1) is 0 Å². The molecule has 2 saturated carbocycles. The number of benzene rings is 1. The van der Waals surface area contributed by atoms with Crippen molar-refractivity contribution in [2.45, 2.75) is 90.8 Å². The highest BCUT2D eigenvalue weighted by Crippen LogP contribution is 2.52. The number of hydrogen-bond donors (Lipinski definition) is 3. The average Bonchev–Trinajstić information content (AvgIpc) is 3.02. The number of aromatic nitrogens is 2. The van der Waals surface area contributed by atoms with Gasteiger partial charge in [0.1, 0.15) is 5.82 Å². The summed E-state index contributed by atoms with van der Waals surface area (Å²) in [6.07, 6.45) is 7.29. The van der Waals surface area contributed by atoms with Gasteiger partial charge in [-0.3, -0.25) is 4.79 Å². The van der Waals surface area contributed by atoms with Crippen LogP contribution in [0.15, 0.2) is 23.2 Å². The first-order valence-corrected chi connectivity index (χ1v) is 13.0. The van der Waals surface area contributed by atoms with Crippen LogP contribution in [0.2, 0.25) is 0 Å². The second kappa shape index (κ2) is 8.64. The van der Waals surface area contributed by atoms with Crippen molar-refractivity contribution < 1.29 is 4.79 Å². The van der Waals surface area contributed by atoms with Crippen molar-refractivity contribution in [2.24, 2.45) is 27.3 Å². The number of rotatable bonds is 4. The fourth-order valence-corrected chi connectivity index (χ4v) is 7.08. The van der Waals surface area contributed by atoms with Gasteiger partial charge >= 0.3 is 0 Å². The number of amides is 1. The van der Waals surface area contributed by atoms with E-state index in [0.29, 0.717) is 5.82 Å². The van der Waals surface area contributed by atoms with E-state index in [2.05, 4.69) is 44.1 Å². The van der Waals surface area contributed by atoms with Crippen molar-refractivity contribution >= 4 is 28.6 Å². The number of aryl methyl sites for hydroxylation is 1. The zero-order valence-electron chi connectivity index (χ0n) is 21.5. The Morgan fingerprint density at radius 2 is 1.91 bits per heavy atom. The summed E-state index contributed by atoms with van der Waals surface area (Å²) >= 11 is 0. The molecular formula is C27H39N7O. The van der Waals surface area contributed by atoms with Crippen LogP contribution in [0.4, 0.5) is 5.82 Å². The molecule has 0 radical (unpaired) electrons. The fourth-order valence-electron chi connectivity index (χ4n) is 7.08. The monoisotopic (exact) mass is 477 g/mol. The number of likely N-dealkylation sites (tertiary alicyclic amines) is 1. The van der Waals surface area contributed by atoms with Crippen LogP contribution in [0.1, 0.15) is 81.9 Å². The molecule has 3 fully saturated rings. The number of carbonyl (C=O) groups excluding carboxylic acids is 1. The number of nitrogens with two attached hydrogens (primary N) is 2. The van der Waals surface area contributed by atoms with Crippen molar-refractivity contribution in [3.63, 3.8) is 0 Å². The van der Waals surface area contributed by atoms with Gasteiger partial charge in [-0.05, 0) is 62.0 Å². The average molecular weight is 478 g/mol. The summed E-state index contributed by atoms with van der Waals surface area (Å²) in [5, 5.41) is 4.54. The molecule has 1 aromatic heterocycles. The molecule has 1 amide bonds. The maximum atomic E-state index is 13.8. The molecule has 8 heteroatoms. The topological polar surface area (TPSA) is 123 Å². The largest absolute Gasteiger partial charge is 0.370 e. The molecule has 4 unspecified atom stereocenters. The van der Waals surface area contributed by atoms with Crippen LogP contribution in [0, 0.1) is 17.8 Å². The van der Waals surface area contributed by atoms with Gasteiger partial charge < -0.3 is 21.7 Å². The van der Waals surface area contributed by atoms with E-state index >= 15 is 0 Å². The van der Waals surface area contributed by atoms with Gasteiger partial charge in [-0.2, -0.15) is 0 Å². The smallest absolute Gasteiger partial charge is 0.292 e. The number of nitrogens with one attached hydrogen (secondary N) is 1. The van der Waals surface area contributed by atoms with E-state index < -0.39 is 0 Å². The lowest BCUT2D eigenvalue weighted by atomic mass is 9.65. The van der Waals surface area contributed by atoms with Gasteiger partial charge in [0, 0.05) is 18.0 Å². The zero-order valence-corrected chi connectivity index (χ0v) is 21.5. The van der Waals surface area contributed by atoms with E-state index in [9.17, 15) is 4.79 Å². The molecule has 0 spiro atoms. The molecule has 188 valence electrons. The Kier molecular flexibility index (Phi) is 5.88. The third kappa shape index (κ3) is 4.80. The lowest BCUT2D eigenvalue weighted by molar-refractivity contribution is 0.0696. The van der Waals surface area contributed by atoms with Crippen LogP contribution < -0.4 is 16.8 Å². The van der Waals surface area contributed by atoms with Gasteiger partial charge in [-0.1, -0.05) is 45.2 Å². The minimum absolute atomic E-state index is 0.0114. The van der Waals surface area contributed by atoms with E-state index in [1.54, 1.807) is 0 Å². The first kappa shape index (κ1) is 23.8. The molecule has 1 saturated heterocycles. The third-order valence-corrected chi connectivity index (χ3v) is 8.08. The third-order valence-electron chi connectivity index (χ3n) is 8.08. The van der Waals surface area contributed by atoms with Gasteiger partial charge in [0.15, 0.2) is 5.96 Å². The highest BCUT2D eigenvalue weighted by atomic mass is 16.2. The highest BCUT2D eigenvalue weighted by molar-refractivity contribution is 5.97. The van der Waals surface area contributed by atoms with Crippen LogP contribution in [-0.2, 0) is 0 Å². The van der Waals surface area contributed by atoms with Gasteiger partial charge in [0.05, 0.1) is 17.6 Å². The second-order valence-electron chi connectivity index (χ2n) is 12.2. The van der Waals surface area contributed by atoms with Crippen molar-refractivity contribution in [3.05, 3.63) is 29.6 Å². The predicted molar refractivity (Wildman–Crippen MR) is 140 cm³/mol. The van der Waals surface area contributed by atoms with E-state index in [0.717, 1.165) is 68.0 Å². The Bertz CT molecular complexity index is 1170. The van der Waals surface area contributed by atoms with E-state index in [1.165, 1.54) is 0 Å². The Hall–Kier alpha value is -2.90. The van der Waals surface area contributed by atoms with Crippen LogP contribution in [0.25, 0.3) is 10.9 Å². The van der Waals surface area contributed by atoms with E-state index in [1.807, 2.05) is 17.0 Å².